The van der Waals surface area contributed by atoms with Crippen molar-refractivity contribution in [3.8, 4) is 17.6 Å². The first-order valence-corrected chi connectivity index (χ1v) is 4.76. The predicted octanol–water partition coefficient (Wildman–Crippen LogP) is 2.65. The van der Waals surface area contributed by atoms with E-state index in [2.05, 4.69) is 22.0 Å². The van der Waals surface area contributed by atoms with Crippen molar-refractivity contribution in [3.05, 3.63) is 21.7 Å². The van der Waals surface area contributed by atoms with Gasteiger partial charge in [0.1, 0.15) is 11.6 Å². The maximum Gasteiger partial charge on any atom is 0.179 e. The molecule has 0 heterocycles. The second kappa shape index (κ2) is 4.34. The van der Waals surface area contributed by atoms with Gasteiger partial charge in [0.25, 0.3) is 0 Å². The third-order valence-electron chi connectivity index (χ3n) is 1.90. The van der Waals surface area contributed by atoms with Gasteiger partial charge in [-0.05, 0) is 34.5 Å². The third-order valence-corrected chi connectivity index (χ3v) is 2.92. The van der Waals surface area contributed by atoms with Crippen molar-refractivity contribution in [1.82, 2.24) is 0 Å². The van der Waals surface area contributed by atoms with E-state index in [1.165, 1.54) is 7.11 Å². The van der Waals surface area contributed by atoms with Crippen LogP contribution in [0.25, 0.3) is 0 Å². The van der Waals surface area contributed by atoms with E-state index in [1.54, 1.807) is 7.11 Å². The van der Waals surface area contributed by atoms with Crippen molar-refractivity contribution in [2.75, 3.05) is 14.2 Å². The van der Waals surface area contributed by atoms with Crippen molar-refractivity contribution < 1.29 is 9.47 Å². The highest BCUT2D eigenvalue weighted by Gasteiger charge is 2.15. The zero-order chi connectivity index (χ0) is 10.7. The van der Waals surface area contributed by atoms with Gasteiger partial charge < -0.3 is 9.47 Å². The molecule has 0 N–H and O–H groups in total. The standard InChI is InChI=1S/C10H10BrNO2/c1-6-4-8(13-2)10(14-3)7(5-12)9(6)11/h4H,1-3H3. The van der Waals surface area contributed by atoms with Crippen molar-refractivity contribution >= 4 is 15.9 Å². The summed E-state index contributed by atoms with van der Waals surface area (Å²) in [7, 11) is 3.06. The first-order chi connectivity index (χ1) is 6.65. The molecule has 14 heavy (non-hydrogen) atoms. The average molecular weight is 256 g/mol. The van der Waals surface area contributed by atoms with E-state index < -0.39 is 0 Å². The van der Waals surface area contributed by atoms with Gasteiger partial charge in [-0.3, -0.25) is 0 Å². The van der Waals surface area contributed by atoms with Crippen molar-refractivity contribution in [2.24, 2.45) is 0 Å². The van der Waals surface area contributed by atoms with Crippen molar-refractivity contribution in [2.45, 2.75) is 6.92 Å². The predicted molar refractivity (Wildman–Crippen MR) is 56.7 cm³/mol. The Bertz CT molecular complexity index is 396. The van der Waals surface area contributed by atoms with Gasteiger partial charge in [-0.2, -0.15) is 5.26 Å². The molecule has 0 aromatic heterocycles. The molecule has 1 rings (SSSR count). The molecule has 0 saturated carbocycles. The molecule has 0 unspecified atom stereocenters. The van der Waals surface area contributed by atoms with Crippen LogP contribution in [0.1, 0.15) is 11.1 Å². The van der Waals surface area contributed by atoms with Crippen LogP contribution in [-0.2, 0) is 0 Å². The second-order valence-electron chi connectivity index (χ2n) is 2.73. The largest absolute Gasteiger partial charge is 0.493 e. The molecule has 0 aliphatic carbocycles. The lowest BCUT2D eigenvalue weighted by Gasteiger charge is -2.11. The van der Waals surface area contributed by atoms with Gasteiger partial charge in [0, 0.05) is 4.47 Å². The minimum absolute atomic E-state index is 0.462. The fraction of sp³-hybridized carbons (Fsp3) is 0.300. The van der Waals surface area contributed by atoms with E-state index in [1.807, 2.05) is 13.0 Å². The summed E-state index contributed by atoms with van der Waals surface area (Å²) in [5.41, 5.74) is 1.41. The van der Waals surface area contributed by atoms with Crippen LogP contribution in [0.15, 0.2) is 10.5 Å². The lowest BCUT2D eigenvalue weighted by atomic mass is 10.1. The molecule has 1 aromatic carbocycles. The van der Waals surface area contributed by atoms with Gasteiger partial charge >= 0.3 is 0 Å². The lowest BCUT2D eigenvalue weighted by Crippen LogP contribution is -1.96. The number of rotatable bonds is 2. The first-order valence-electron chi connectivity index (χ1n) is 3.96. The Hall–Kier alpha value is -1.21. The Morgan fingerprint density at radius 2 is 2.00 bits per heavy atom. The van der Waals surface area contributed by atoms with Crippen LogP contribution in [0.2, 0.25) is 0 Å². The molecular formula is C10H10BrNO2. The summed E-state index contributed by atoms with van der Waals surface area (Å²) in [6.45, 7) is 1.90. The van der Waals surface area contributed by atoms with E-state index in [0.29, 0.717) is 17.1 Å². The van der Waals surface area contributed by atoms with Gasteiger partial charge in [0.2, 0.25) is 0 Å². The van der Waals surface area contributed by atoms with Crippen LogP contribution in [0.5, 0.6) is 11.5 Å². The van der Waals surface area contributed by atoms with Crippen LogP contribution in [0.3, 0.4) is 0 Å². The molecule has 0 atom stereocenters. The van der Waals surface area contributed by atoms with Crippen molar-refractivity contribution in [3.63, 3.8) is 0 Å². The van der Waals surface area contributed by atoms with Crippen LogP contribution in [0, 0.1) is 18.3 Å². The van der Waals surface area contributed by atoms with E-state index in [4.69, 9.17) is 14.7 Å². The monoisotopic (exact) mass is 255 g/mol. The minimum Gasteiger partial charge on any atom is -0.493 e. The van der Waals surface area contributed by atoms with E-state index in [0.717, 1.165) is 10.0 Å². The van der Waals surface area contributed by atoms with Gasteiger partial charge in [-0.15, -0.1) is 0 Å². The second-order valence-corrected chi connectivity index (χ2v) is 3.52. The number of methoxy groups -OCH3 is 2. The molecule has 0 saturated heterocycles. The topological polar surface area (TPSA) is 42.2 Å². The summed E-state index contributed by atoms with van der Waals surface area (Å²) in [5.74, 6) is 1.04. The van der Waals surface area contributed by atoms with Gasteiger partial charge in [-0.1, -0.05) is 0 Å². The van der Waals surface area contributed by atoms with Crippen molar-refractivity contribution in [1.29, 1.82) is 5.26 Å². The summed E-state index contributed by atoms with van der Waals surface area (Å²) in [4.78, 5) is 0. The molecule has 0 bridgehead atoms. The van der Waals surface area contributed by atoms with Crippen LogP contribution >= 0.6 is 15.9 Å². The summed E-state index contributed by atoms with van der Waals surface area (Å²) >= 11 is 3.34. The SMILES string of the molecule is COc1cc(C)c(Br)c(C#N)c1OC. The maximum absolute atomic E-state index is 8.96. The Morgan fingerprint density at radius 1 is 1.36 bits per heavy atom. The minimum atomic E-state index is 0.462. The molecule has 0 aliphatic heterocycles. The number of benzene rings is 1. The molecular weight excluding hydrogens is 246 g/mol. The molecule has 74 valence electrons. The Morgan fingerprint density at radius 3 is 2.43 bits per heavy atom. The quantitative estimate of drug-likeness (QED) is 0.816. The fourth-order valence-corrected chi connectivity index (χ4v) is 1.58. The lowest BCUT2D eigenvalue weighted by molar-refractivity contribution is 0.353. The number of halogens is 1. The first kappa shape index (κ1) is 10.9. The molecule has 4 heteroatoms. The highest BCUT2D eigenvalue weighted by Crippen LogP contribution is 2.37. The number of ether oxygens (including phenoxy) is 2. The van der Waals surface area contributed by atoms with E-state index >= 15 is 0 Å². The number of nitrogens with zero attached hydrogens (tertiary/aromatic N) is 1. The van der Waals surface area contributed by atoms with Gasteiger partial charge in [0.15, 0.2) is 11.5 Å². The summed E-state index contributed by atoms with van der Waals surface area (Å²) < 4.78 is 11.0. The number of hydrogen-bond acceptors (Lipinski definition) is 3. The smallest absolute Gasteiger partial charge is 0.179 e. The molecule has 0 spiro atoms. The summed E-state index contributed by atoms with van der Waals surface area (Å²) in [6.07, 6.45) is 0. The van der Waals surface area contributed by atoms with E-state index in [-0.39, 0.29) is 0 Å². The van der Waals surface area contributed by atoms with Crippen LogP contribution in [-0.4, -0.2) is 14.2 Å². The zero-order valence-corrected chi connectivity index (χ0v) is 9.81. The molecule has 0 amide bonds. The normalized spacial score (nSPS) is 9.36. The Kier molecular flexibility index (Phi) is 3.37. The Balaban J connectivity index is 3.52. The molecule has 1 aromatic rings. The molecule has 0 aliphatic rings. The van der Waals surface area contributed by atoms with Crippen LogP contribution < -0.4 is 9.47 Å². The zero-order valence-electron chi connectivity index (χ0n) is 8.22. The number of hydrogen-bond donors (Lipinski definition) is 0. The molecule has 0 radical (unpaired) electrons. The third kappa shape index (κ3) is 1.68. The molecule has 3 nitrogen and oxygen atoms in total. The summed E-state index contributed by atoms with van der Waals surface area (Å²) in [6, 6.07) is 3.90. The van der Waals surface area contributed by atoms with Gasteiger partial charge in [-0.25, -0.2) is 0 Å². The number of nitriles is 1. The van der Waals surface area contributed by atoms with Crippen LogP contribution in [0.4, 0.5) is 0 Å². The average Bonchev–Trinajstić information content (AvgIpc) is 2.20. The fourth-order valence-electron chi connectivity index (χ4n) is 1.20. The Labute approximate surface area is 91.4 Å². The number of aryl methyl sites for hydroxylation is 1. The highest BCUT2D eigenvalue weighted by molar-refractivity contribution is 9.10. The van der Waals surface area contributed by atoms with Gasteiger partial charge in [0.05, 0.1) is 14.2 Å². The molecule has 0 fully saturated rings. The summed E-state index contributed by atoms with van der Waals surface area (Å²) in [5, 5.41) is 8.96. The maximum atomic E-state index is 8.96. The highest BCUT2D eigenvalue weighted by atomic mass is 79.9. The van der Waals surface area contributed by atoms with E-state index in [9.17, 15) is 0 Å².